The molecule has 0 aliphatic carbocycles. The van der Waals surface area contributed by atoms with Gasteiger partial charge in [0.15, 0.2) is 0 Å². The van der Waals surface area contributed by atoms with Crippen molar-refractivity contribution in [3.63, 3.8) is 0 Å². The van der Waals surface area contributed by atoms with E-state index in [9.17, 15) is 23.3 Å². The van der Waals surface area contributed by atoms with Gasteiger partial charge >= 0.3 is 0 Å². The average Bonchev–Trinajstić information content (AvgIpc) is 3.20. The number of aromatic nitrogens is 1. The number of methoxy groups -OCH3 is 2. The second-order valence-corrected chi connectivity index (χ2v) is 9.26. The van der Waals surface area contributed by atoms with Crippen LogP contribution in [0.4, 0.5) is 5.69 Å². The molecule has 10 nitrogen and oxygen atoms in total. The number of aryl methyl sites for hydroxylation is 1. The van der Waals surface area contributed by atoms with Gasteiger partial charge in [0.1, 0.15) is 22.7 Å². The van der Waals surface area contributed by atoms with Gasteiger partial charge < -0.3 is 14.0 Å². The van der Waals surface area contributed by atoms with Crippen LogP contribution in [0.3, 0.4) is 0 Å². The number of carbonyl (C=O) groups is 1. The predicted molar refractivity (Wildman–Crippen MR) is 129 cm³/mol. The summed E-state index contributed by atoms with van der Waals surface area (Å²) in [5.74, 6) is 0.181. The Morgan fingerprint density at radius 1 is 0.943 bits per heavy atom. The Morgan fingerprint density at radius 3 is 2.06 bits per heavy atom. The van der Waals surface area contributed by atoms with Crippen LogP contribution in [0.1, 0.15) is 10.5 Å². The summed E-state index contributed by atoms with van der Waals surface area (Å²) < 4.78 is 39.1. The number of ether oxygens (including phenoxy) is 2. The fourth-order valence-corrected chi connectivity index (χ4v) is 4.79. The average molecular weight is 496 g/mol. The van der Waals surface area contributed by atoms with E-state index in [1.165, 1.54) is 55.1 Å². The number of hydrogen-bond donors (Lipinski definition) is 1. The molecule has 0 atom stereocenters. The van der Waals surface area contributed by atoms with Crippen LogP contribution >= 0.6 is 0 Å². The van der Waals surface area contributed by atoms with Crippen LogP contribution in [-0.4, -0.2) is 38.0 Å². The van der Waals surface area contributed by atoms with E-state index < -0.39 is 20.9 Å². The van der Waals surface area contributed by atoms with E-state index in [-0.39, 0.29) is 21.8 Å². The van der Waals surface area contributed by atoms with Gasteiger partial charge in [-0.25, -0.2) is 13.1 Å². The Morgan fingerprint density at radius 2 is 1.51 bits per heavy atom. The number of hydrogen-bond acceptors (Lipinski definition) is 7. The van der Waals surface area contributed by atoms with Gasteiger partial charge in [0.2, 0.25) is 0 Å². The molecule has 0 fully saturated rings. The number of nitrogens with zero attached hydrogens (tertiary/aromatic N) is 2. The highest BCUT2D eigenvalue weighted by atomic mass is 32.2. The highest BCUT2D eigenvalue weighted by Gasteiger charge is 2.26. The molecule has 11 heteroatoms. The largest absolute Gasteiger partial charge is 0.497 e. The normalized spacial score (nSPS) is 11.3. The number of nitrogens with one attached hydrogen (secondary N) is 1. The fourth-order valence-electron chi connectivity index (χ4n) is 3.82. The zero-order chi connectivity index (χ0) is 25.3. The summed E-state index contributed by atoms with van der Waals surface area (Å²) in [4.78, 5) is 24.1. The van der Waals surface area contributed by atoms with Gasteiger partial charge in [0.05, 0.1) is 24.0 Å². The smallest absolute Gasteiger partial charge is 0.293 e. The third-order valence-corrected chi connectivity index (χ3v) is 6.95. The molecule has 0 aliphatic rings. The monoisotopic (exact) mass is 495 g/mol. The summed E-state index contributed by atoms with van der Waals surface area (Å²) in [6.45, 7) is 0. The maximum absolute atomic E-state index is 13.0. The van der Waals surface area contributed by atoms with Gasteiger partial charge in [0, 0.05) is 18.5 Å². The van der Waals surface area contributed by atoms with Crippen molar-refractivity contribution in [1.29, 1.82) is 0 Å². The zero-order valence-electron chi connectivity index (χ0n) is 19.0. The van der Waals surface area contributed by atoms with Crippen molar-refractivity contribution in [2.24, 2.45) is 7.05 Å². The first-order valence-corrected chi connectivity index (χ1v) is 11.8. The van der Waals surface area contributed by atoms with Crippen molar-refractivity contribution < 1.29 is 27.6 Å². The fraction of sp³-hybridized carbons (Fsp3) is 0.125. The second kappa shape index (κ2) is 9.11. The summed E-state index contributed by atoms with van der Waals surface area (Å²) in [5, 5.41) is 12.1. The van der Waals surface area contributed by atoms with Gasteiger partial charge in [-0.05, 0) is 59.7 Å². The number of fused-ring (bicyclic) bond motifs is 1. The van der Waals surface area contributed by atoms with Crippen LogP contribution in [0.2, 0.25) is 0 Å². The molecule has 4 aromatic rings. The number of nitro benzene ring substituents is 1. The lowest BCUT2D eigenvalue weighted by Crippen LogP contribution is -2.31. The molecule has 0 saturated heterocycles. The molecule has 0 radical (unpaired) electrons. The summed E-state index contributed by atoms with van der Waals surface area (Å²) in [7, 11) is 0.267. The lowest BCUT2D eigenvalue weighted by Gasteiger charge is -2.09. The highest BCUT2D eigenvalue weighted by molar-refractivity contribution is 7.90. The Bertz CT molecular complexity index is 1540. The molecular formula is C24H21N3O7S. The van der Waals surface area contributed by atoms with Crippen LogP contribution in [0.5, 0.6) is 11.5 Å². The summed E-state index contributed by atoms with van der Waals surface area (Å²) in [6.07, 6.45) is 0. The van der Waals surface area contributed by atoms with Crippen molar-refractivity contribution in [2.45, 2.75) is 4.90 Å². The molecule has 3 aromatic carbocycles. The summed E-state index contributed by atoms with van der Waals surface area (Å²) >= 11 is 0. The molecule has 1 heterocycles. The predicted octanol–water partition coefficient (Wildman–Crippen LogP) is 3.89. The van der Waals surface area contributed by atoms with Crippen LogP contribution in [-0.2, 0) is 17.1 Å². The van der Waals surface area contributed by atoms with Crippen molar-refractivity contribution in [2.75, 3.05) is 14.2 Å². The Labute approximate surface area is 200 Å². The van der Waals surface area contributed by atoms with Crippen LogP contribution in [0, 0.1) is 10.1 Å². The van der Waals surface area contributed by atoms with Crippen molar-refractivity contribution in [3.05, 3.63) is 82.5 Å². The standard InChI is InChI=1S/C24H21N3O7S/c1-26-22(24(28)25-35(31,32)18-10-8-17(34-3)9-11-18)14-20-19(12-13-21(23(20)26)27(29)30)15-4-6-16(33-2)7-5-15/h4-14H,1-3H3,(H,25,28). The first-order valence-electron chi connectivity index (χ1n) is 10.3. The van der Waals surface area contributed by atoms with E-state index in [1.54, 1.807) is 37.4 Å². The Kier molecular flexibility index (Phi) is 6.18. The van der Waals surface area contributed by atoms with Gasteiger partial charge in [-0.2, -0.15) is 0 Å². The molecule has 0 bridgehead atoms. The molecule has 0 aliphatic heterocycles. The van der Waals surface area contributed by atoms with Gasteiger partial charge in [-0.15, -0.1) is 0 Å². The number of rotatable bonds is 7. The lowest BCUT2D eigenvalue weighted by atomic mass is 10.0. The number of amides is 1. The third kappa shape index (κ3) is 4.41. The Balaban J connectivity index is 1.80. The minimum atomic E-state index is -4.20. The van der Waals surface area contributed by atoms with E-state index in [4.69, 9.17) is 9.47 Å². The van der Waals surface area contributed by atoms with Gasteiger partial charge in [0.25, 0.3) is 21.6 Å². The zero-order valence-corrected chi connectivity index (χ0v) is 19.8. The summed E-state index contributed by atoms with van der Waals surface area (Å²) in [5.41, 5.74) is 1.31. The van der Waals surface area contributed by atoms with E-state index in [0.29, 0.717) is 22.4 Å². The van der Waals surface area contributed by atoms with E-state index in [2.05, 4.69) is 0 Å². The van der Waals surface area contributed by atoms with Crippen molar-refractivity contribution in [3.8, 4) is 22.6 Å². The molecule has 4 rings (SSSR count). The second-order valence-electron chi connectivity index (χ2n) is 7.58. The minimum absolute atomic E-state index is 0.0545. The first kappa shape index (κ1) is 23.8. The maximum atomic E-state index is 13.0. The van der Waals surface area contributed by atoms with Crippen LogP contribution < -0.4 is 14.2 Å². The van der Waals surface area contributed by atoms with Crippen LogP contribution in [0.25, 0.3) is 22.0 Å². The molecule has 35 heavy (non-hydrogen) atoms. The molecule has 1 aromatic heterocycles. The molecular weight excluding hydrogens is 474 g/mol. The molecule has 1 N–H and O–H groups in total. The van der Waals surface area contributed by atoms with E-state index >= 15 is 0 Å². The molecule has 0 spiro atoms. The Hall–Kier alpha value is -4.38. The maximum Gasteiger partial charge on any atom is 0.293 e. The van der Waals surface area contributed by atoms with Gasteiger partial charge in [-0.3, -0.25) is 14.9 Å². The third-order valence-electron chi connectivity index (χ3n) is 5.60. The number of non-ortho nitro benzene ring substituents is 1. The number of sulfonamides is 1. The van der Waals surface area contributed by atoms with Crippen molar-refractivity contribution in [1.82, 2.24) is 9.29 Å². The quantitative estimate of drug-likeness (QED) is 0.304. The van der Waals surface area contributed by atoms with E-state index in [1.807, 2.05) is 4.72 Å². The number of nitro groups is 1. The first-order chi connectivity index (χ1) is 16.7. The molecule has 0 unspecified atom stereocenters. The molecule has 1 amide bonds. The van der Waals surface area contributed by atoms with Gasteiger partial charge in [-0.1, -0.05) is 12.1 Å². The topological polar surface area (TPSA) is 130 Å². The van der Waals surface area contributed by atoms with Crippen molar-refractivity contribution >= 4 is 32.5 Å². The van der Waals surface area contributed by atoms with E-state index in [0.717, 1.165) is 5.56 Å². The number of benzene rings is 3. The van der Waals surface area contributed by atoms with Crippen LogP contribution in [0.15, 0.2) is 71.6 Å². The molecule has 180 valence electrons. The highest BCUT2D eigenvalue weighted by Crippen LogP contribution is 2.37. The molecule has 0 saturated carbocycles. The lowest BCUT2D eigenvalue weighted by molar-refractivity contribution is -0.383. The summed E-state index contributed by atoms with van der Waals surface area (Å²) in [6, 6.07) is 17.0. The number of carbonyl (C=O) groups excluding carboxylic acids is 1. The SMILES string of the molecule is COc1ccc(-c2ccc([N+](=O)[O-])c3c2cc(C(=O)NS(=O)(=O)c2ccc(OC)cc2)n3C)cc1. The minimum Gasteiger partial charge on any atom is -0.497 e.